The highest BCUT2D eigenvalue weighted by Gasteiger charge is 2.46. The van der Waals surface area contributed by atoms with Gasteiger partial charge in [-0.3, -0.25) is 0 Å². The summed E-state index contributed by atoms with van der Waals surface area (Å²) in [7, 11) is 0. The van der Waals surface area contributed by atoms with E-state index in [1.165, 1.54) is 0 Å². The van der Waals surface area contributed by atoms with E-state index in [2.05, 4.69) is 6.07 Å². The highest BCUT2D eigenvalue weighted by atomic mass is 19.4. The van der Waals surface area contributed by atoms with E-state index >= 15 is 0 Å². The minimum absolute atomic E-state index is 0.303. The molecule has 2 atom stereocenters. The first-order chi connectivity index (χ1) is 11.4. The Morgan fingerprint density at radius 3 is 2.71 bits per heavy atom. The Bertz CT molecular complexity index is 782. The molecular weight excluding hydrogens is 317 g/mol. The van der Waals surface area contributed by atoms with Gasteiger partial charge in [0.05, 0.1) is 17.7 Å². The van der Waals surface area contributed by atoms with Crippen molar-refractivity contribution < 1.29 is 18.3 Å². The summed E-state index contributed by atoms with van der Waals surface area (Å²) < 4.78 is 38.9. The Morgan fingerprint density at radius 2 is 2.00 bits per heavy atom. The number of fused-ring (bicyclic) bond motifs is 1. The molecule has 1 aliphatic rings. The maximum Gasteiger partial charge on any atom is 0.416 e. The first-order valence-electron chi connectivity index (χ1n) is 7.86. The molecule has 0 unspecified atom stereocenters. The van der Waals surface area contributed by atoms with Gasteiger partial charge in [-0.15, -0.1) is 0 Å². The van der Waals surface area contributed by atoms with Crippen LogP contribution in [0.2, 0.25) is 0 Å². The zero-order chi connectivity index (χ0) is 17.3. The van der Waals surface area contributed by atoms with Crippen LogP contribution in [0.4, 0.5) is 18.9 Å². The first-order valence-corrected chi connectivity index (χ1v) is 7.86. The van der Waals surface area contributed by atoms with Crippen molar-refractivity contribution in [2.24, 2.45) is 0 Å². The zero-order valence-electron chi connectivity index (χ0n) is 12.9. The van der Waals surface area contributed by atoms with Crippen molar-refractivity contribution >= 4 is 16.5 Å². The van der Waals surface area contributed by atoms with E-state index in [1.54, 1.807) is 35.2 Å². The third-order valence-corrected chi connectivity index (χ3v) is 4.57. The summed E-state index contributed by atoms with van der Waals surface area (Å²) in [6.07, 6.45) is -5.24. The molecule has 0 spiro atoms. The van der Waals surface area contributed by atoms with E-state index in [0.29, 0.717) is 30.6 Å². The first kappa shape index (κ1) is 16.6. The number of alkyl halides is 3. The molecule has 1 heterocycles. The van der Waals surface area contributed by atoms with Gasteiger partial charge in [-0.05, 0) is 48.2 Å². The molecule has 3 nitrogen and oxygen atoms in total. The molecular formula is C18H17F3N2O. The number of piperidine rings is 1. The summed E-state index contributed by atoms with van der Waals surface area (Å²) in [5, 5.41) is 20.4. The molecule has 0 aromatic heterocycles. The largest absolute Gasteiger partial charge is 0.416 e. The Balaban J connectivity index is 1.99. The molecule has 1 N–H and O–H groups in total. The van der Waals surface area contributed by atoms with Crippen LogP contribution < -0.4 is 4.90 Å². The zero-order valence-corrected chi connectivity index (χ0v) is 12.9. The van der Waals surface area contributed by atoms with Crippen molar-refractivity contribution in [3.8, 4) is 6.07 Å². The lowest BCUT2D eigenvalue weighted by molar-refractivity contribution is -0.211. The summed E-state index contributed by atoms with van der Waals surface area (Å²) >= 11 is 0. The van der Waals surface area contributed by atoms with Crippen LogP contribution >= 0.6 is 0 Å². The second-order valence-corrected chi connectivity index (χ2v) is 6.07. The number of nitriles is 1. The van der Waals surface area contributed by atoms with Gasteiger partial charge in [0.2, 0.25) is 0 Å². The molecule has 2 aromatic carbocycles. The smallest absolute Gasteiger partial charge is 0.382 e. The highest BCUT2D eigenvalue weighted by molar-refractivity contribution is 5.90. The monoisotopic (exact) mass is 334 g/mol. The average Bonchev–Trinajstić information content (AvgIpc) is 2.59. The summed E-state index contributed by atoms with van der Waals surface area (Å²) in [6.45, 7) is 0.473. The number of hydrogen-bond acceptors (Lipinski definition) is 3. The van der Waals surface area contributed by atoms with Crippen molar-refractivity contribution in [3.05, 3.63) is 42.0 Å². The predicted molar refractivity (Wildman–Crippen MR) is 85.7 cm³/mol. The van der Waals surface area contributed by atoms with Crippen molar-refractivity contribution in [1.82, 2.24) is 0 Å². The van der Waals surface area contributed by atoms with Gasteiger partial charge in [-0.2, -0.15) is 18.4 Å². The molecule has 0 aliphatic carbocycles. The average molecular weight is 334 g/mol. The Hall–Kier alpha value is -2.26. The third-order valence-electron chi connectivity index (χ3n) is 4.57. The normalized spacial score (nSPS) is 20.0. The SMILES string of the molecule is N#Cc1cccc2cc(N3CCCC[C@@H]3[C@H](O)C(F)(F)F)ccc12. The summed E-state index contributed by atoms with van der Waals surface area (Å²) in [4.78, 5) is 1.64. The molecule has 24 heavy (non-hydrogen) atoms. The fourth-order valence-electron chi connectivity index (χ4n) is 3.37. The molecule has 1 aliphatic heterocycles. The number of aliphatic hydroxyl groups is 1. The minimum atomic E-state index is -4.63. The quantitative estimate of drug-likeness (QED) is 0.903. The van der Waals surface area contributed by atoms with Crippen LogP contribution in [0.3, 0.4) is 0 Å². The van der Waals surface area contributed by atoms with E-state index < -0.39 is 18.3 Å². The van der Waals surface area contributed by atoms with Crippen LogP contribution in [0.25, 0.3) is 10.8 Å². The van der Waals surface area contributed by atoms with Crippen molar-refractivity contribution in [1.29, 1.82) is 5.26 Å². The molecule has 0 radical (unpaired) electrons. The van der Waals surface area contributed by atoms with Crippen LogP contribution in [0.1, 0.15) is 24.8 Å². The highest BCUT2D eigenvalue weighted by Crippen LogP contribution is 2.34. The van der Waals surface area contributed by atoms with Gasteiger partial charge in [0, 0.05) is 12.2 Å². The van der Waals surface area contributed by atoms with Gasteiger partial charge in [0.25, 0.3) is 0 Å². The molecule has 1 saturated heterocycles. The number of benzene rings is 2. The van der Waals surface area contributed by atoms with E-state index in [0.717, 1.165) is 17.2 Å². The summed E-state index contributed by atoms with van der Waals surface area (Å²) in [6, 6.07) is 11.7. The summed E-state index contributed by atoms with van der Waals surface area (Å²) in [5.41, 5.74) is 1.18. The van der Waals surface area contributed by atoms with Crippen LogP contribution in [-0.4, -0.2) is 30.0 Å². The second kappa shape index (κ2) is 6.33. The minimum Gasteiger partial charge on any atom is -0.382 e. The fourth-order valence-corrected chi connectivity index (χ4v) is 3.37. The Morgan fingerprint density at radius 1 is 1.21 bits per heavy atom. The van der Waals surface area contributed by atoms with Gasteiger partial charge < -0.3 is 10.0 Å². The molecule has 3 rings (SSSR count). The molecule has 126 valence electrons. The lowest BCUT2D eigenvalue weighted by atomic mass is 9.95. The maximum absolute atomic E-state index is 13.0. The van der Waals surface area contributed by atoms with Gasteiger partial charge in [-0.1, -0.05) is 18.2 Å². The fraction of sp³-hybridized carbons (Fsp3) is 0.389. The summed E-state index contributed by atoms with van der Waals surface area (Å²) in [5.74, 6) is 0. The lowest BCUT2D eigenvalue weighted by Gasteiger charge is -2.40. The van der Waals surface area contributed by atoms with E-state index in [1.807, 2.05) is 6.07 Å². The van der Waals surface area contributed by atoms with Crippen molar-refractivity contribution in [2.75, 3.05) is 11.4 Å². The number of anilines is 1. The van der Waals surface area contributed by atoms with Gasteiger partial charge >= 0.3 is 6.18 Å². The van der Waals surface area contributed by atoms with Crippen molar-refractivity contribution in [3.63, 3.8) is 0 Å². The molecule has 0 bridgehead atoms. The van der Waals surface area contributed by atoms with E-state index in [-0.39, 0.29) is 0 Å². The van der Waals surface area contributed by atoms with Crippen LogP contribution in [-0.2, 0) is 0 Å². The lowest BCUT2D eigenvalue weighted by Crippen LogP contribution is -2.52. The molecule has 0 saturated carbocycles. The number of nitrogens with zero attached hydrogens (tertiary/aromatic N) is 2. The van der Waals surface area contributed by atoms with E-state index in [4.69, 9.17) is 5.26 Å². The number of aliphatic hydroxyl groups excluding tert-OH is 1. The van der Waals surface area contributed by atoms with Crippen molar-refractivity contribution in [2.45, 2.75) is 37.6 Å². The van der Waals surface area contributed by atoms with Crippen LogP contribution in [0.15, 0.2) is 36.4 Å². The molecule has 6 heteroatoms. The van der Waals surface area contributed by atoms with Gasteiger partial charge in [-0.25, -0.2) is 0 Å². The predicted octanol–water partition coefficient (Wildman–Crippen LogP) is 3.99. The van der Waals surface area contributed by atoms with Crippen LogP contribution in [0, 0.1) is 11.3 Å². The van der Waals surface area contributed by atoms with Gasteiger partial charge in [0.1, 0.15) is 0 Å². The third kappa shape index (κ3) is 3.04. The topological polar surface area (TPSA) is 47.3 Å². The molecule has 1 fully saturated rings. The maximum atomic E-state index is 13.0. The van der Waals surface area contributed by atoms with Gasteiger partial charge in [0.15, 0.2) is 6.10 Å². The van der Waals surface area contributed by atoms with E-state index in [9.17, 15) is 18.3 Å². The Labute approximate surface area is 137 Å². The molecule has 0 amide bonds. The number of halogens is 3. The Kier molecular flexibility index (Phi) is 4.37. The number of rotatable bonds is 2. The second-order valence-electron chi connectivity index (χ2n) is 6.07. The molecule has 2 aromatic rings. The van der Waals surface area contributed by atoms with Crippen LogP contribution in [0.5, 0.6) is 0 Å². The standard InChI is InChI=1S/C18H17F3N2O/c19-18(20,21)17(24)16-6-1-2-9-23(16)14-7-8-15-12(10-14)4-3-5-13(15)11-22/h3-5,7-8,10,16-17,24H,1-2,6,9H2/t16-,17+/m1/s1. The number of hydrogen-bond donors (Lipinski definition) is 1.